The van der Waals surface area contributed by atoms with E-state index < -0.39 is 39.1 Å². The van der Waals surface area contributed by atoms with Crippen molar-refractivity contribution in [3.05, 3.63) is 101 Å². The van der Waals surface area contributed by atoms with Crippen LogP contribution in [0.4, 0.5) is 10.1 Å². The van der Waals surface area contributed by atoms with Crippen LogP contribution in [0.5, 0.6) is 0 Å². The average Bonchev–Trinajstić information content (AvgIpc) is 3.10. The molecule has 0 N–H and O–H groups in total. The summed E-state index contributed by atoms with van der Waals surface area (Å²) in [6.45, 7) is 6.91. The Bertz CT molecular complexity index is 1850. The number of amides is 1. The van der Waals surface area contributed by atoms with Gasteiger partial charge in [-0.3, -0.25) is 14.4 Å². The lowest BCUT2D eigenvalue weighted by Crippen LogP contribution is -2.55. The van der Waals surface area contributed by atoms with E-state index in [1.165, 1.54) is 32.2 Å². The molecule has 2 heterocycles. The standard InChI is InChI=1S/C42H52FNO9S/c1-29(45)52-38(33-17-19-35(43)20-18-33)24-23-37-39(44(40(37)47)36-21-13-31(14-22-36)9-6-7-26-54(5,48)49)34-15-11-32(12-16-34)10-8-25-42(53-30(2)46)27-50-41(3,4)51-28-42/h11-22,37-39H,6-10,23-28H2,1-5H3/t37?,38-,39+/m0/s1. The largest absolute Gasteiger partial charge is 0.458 e. The summed E-state index contributed by atoms with van der Waals surface area (Å²) in [5.74, 6) is -2.23. The normalized spacial score (nSPS) is 19.8. The Morgan fingerprint density at radius 3 is 2.04 bits per heavy atom. The molecule has 0 radical (unpaired) electrons. The maximum atomic E-state index is 13.9. The molecule has 3 atom stereocenters. The van der Waals surface area contributed by atoms with Gasteiger partial charge in [-0.1, -0.05) is 48.5 Å². The van der Waals surface area contributed by atoms with Crippen molar-refractivity contribution in [2.75, 3.05) is 30.1 Å². The van der Waals surface area contributed by atoms with Crippen molar-refractivity contribution in [1.29, 1.82) is 0 Å². The summed E-state index contributed by atoms with van der Waals surface area (Å²) < 4.78 is 59.7. The van der Waals surface area contributed by atoms with Crippen LogP contribution in [0.25, 0.3) is 0 Å². The number of rotatable bonds is 17. The maximum absolute atomic E-state index is 13.9. The molecule has 1 amide bonds. The number of sulfone groups is 1. The molecule has 292 valence electrons. The number of benzene rings is 3. The Morgan fingerprint density at radius 1 is 0.870 bits per heavy atom. The molecule has 0 saturated carbocycles. The highest BCUT2D eigenvalue weighted by Gasteiger charge is 2.48. The molecule has 10 nitrogen and oxygen atoms in total. The summed E-state index contributed by atoms with van der Waals surface area (Å²) >= 11 is 0. The minimum absolute atomic E-state index is 0.0403. The second-order valence-electron chi connectivity index (χ2n) is 15.1. The van der Waals surface area contributed by atoms with Gasteiger partial charge in [0.05, 0.1) is 25.2 Å². The fraction of sp³-hybridized carbons (Fsp3) is 0.500. The predicted octanol–water partition coefficient (Wildman–Crippen LogP) is 7.39. The first-order chi connectivity index (χ1) is 25.5. The fourth-order valence-electron chi connectivity index (χ4n) is 7.27. The number of hydrogen-bond acceptors (Lipinski definition) is 9. The average molecular weight is 766 g/mol. The lowest BCUT2D eigenvalue weighted by Gasteiger charge is -2.48. The molecule has 54 heavy (non-hydrogen) atoms. The molecular formula is C42H52FNO9S. The van der Waals surface area contributed by atoms with Gasteiger partial charge in [0.15, 0.2) is 11.4 Å². The predicted molar refractivity (Wildman–Crippen MR) is 203 cm³/mol. The van der Waals surface area contributed by atoms with E-state index in [-0.39, 0.29) is 42.8 Å². The molecule has 2 saturated heterocycles. The zero-order chi connectivity index (χ0) is 39.1. The topological polar surface area (TPSA) is 126 Å². The fourth-order valence-corrected chi connectivity index (χ4v) is 8.00. The highest BCUT2D eigenvalue weighted by molar-refractivity contribution is 7.90. The van der Waals surface area contributed by atoms with Gasteiger partial charge in [0, 0.05) is 31.5 Å². The Morgan fingerprint density at radius 2 is 1.46 bits per heavy atom. The zero-order valence-corrected chi connectivity index (χ0v) is 32.7. The van der Waals surface area contributed by atoms with Crippen molar-refractivity contribution < 1.29 is 46.1 Å². The number of hydrogen-bond donors (Lipinski definition) is 0. The first-order valence-corrected chi connectivity index (χ1v) is 20.7. The third-order valence-electron chi connectivity index (χ3n) is 10.1. The van der Waals surface area contributed by atoms with Crippen molar-refractivity contribution in [1.82, 2.24) is 0 Å². The van der Waals surface area contributed by atoms with Gasteiger partial charge in [-0.15, -0.1) is 0 Å². The molecular weight excluding hydrogens is 714 g/mol. The molecule has 2 fully saturated rings. The minimum Gasteiger partial charge on any atom is -0.458 e. The van der Waals surface area contributed by atoms with E-state index in [1.807, 2.05) is 50.2 Å². The zero-order valence-electron chi connectivity index (χ0n) is 31.8. The van der Waals surface area contributed by atoms with Crippen LogP contribution in [0.1, 0.15) is 101 Å². The van der Waals surface area contributed by atoms with Crippen LogP contribution in [0.2, 0.25) is 0 Å². The molecule has 5 rings (SSSR count). The molecule has 0 aromatic heterocycles. The summed E-state index contributed by atoms with van der Waals surface area (Å²) in [5.41, 5.74) is 3.70. The number of nitrogens with zero attached hydrogens (tertiary/aromatic N) is 1. The van der Waals surface area contributed by atoms with E-state index in [0.717, 1.165) is 48.1 Å². The van der Waals surface area contributed by atoms with Crippen molar-refractivity contribution >= 4 is 33.4 Å². The Kier molecular flexibility index (Phi) is 13.3. The van der Waals surface area contributed by atoms with E-state index in [1.54, 1.807) is 17.0 Å². The second-order valence-corrected chi connectivity index (χ2v) is 17.3. The molecule has 3 aromatic rings. The van der Waals surface area contributed by atoms with Gasteiger partial charge in [-0.05, 0) is 112 Å². The summed E-state index contributed by atoms with van der Waals surface area (Å²) in [6, 6.07) is 21.6. The van der Waals surface area contributed by atoms with Gasteiger partial charge in [0.25, 0.3) is 0 Å². The smallest absolute Gasteiger partial charge is 0.303 e. The highest BCUT2D eigenvalue weighted by Crippen LogP contribution is 2.47. The van der Waals surface area contributed by atoms with E-state index in [0.29, 0.717) is 31.2 Å². The number of halogens is 1. The van der Waals surface area contributed by atoms with Gasteiger partial charge in [0.1, 0.15) is 21.8 Å². The summed E-state index contributed by atoms with van der Waals surface area (Å²) in [6.07, 6.45) is 5.54. The molecule has 2 aliphatic rings. The number of carbonyl (C=O) groups is 3. The van der Waals surface area contributed by atoms with Crippen LogP contribution in [0.15, 0.2) is 72.8 Å². The third-order valence-corrected chi connectivity index (χ3v) is 11.1. The molecule has 3 aromatic carbocycles. The number of anilines is 1. The quantitative estimate of drug-likeness (QED) is 0.0786. The van der Waals surface area contributed by atoms with E-state index >= 15 is 0 Å². The summed E-state index contributed by atoms with van der Waals surface area (Å²) in [4.78, 5) is 39.7. The second kappa shape index (κ2) is 17.6. The first-order valence-electron chi connectivity index (χ1n) is 18.6. The van der Waals surface area contributed by atoms with E-state index in [4.69, 9.17) is 18.9 Å². The van der Waals surface area contributed by atoms with Crippen LogP contribution >= 0.6 is 0 Å². The third kappa shape index (κ3) is 11.2. The van der Waals surface area contributed by atoms with Crippen LogP contribution in [0.3, 0.4) is 0 Å². The van der Waals surface area contributed by atoms with Crippen LogP contribution in [-0.2, 0) is 56.0 Å². The number of esters is 2. The molecule has 2 aliphatic heterocycles. The number of unbranched alkanes of at least 4 members (excludes halogenated alkanes) is 1. The monoisotopic (exact) mass is 765 g/mol. The van der Waals surface area contributed by atoms with Crippen LogP contribution in [0, 0.1) is 11.7 Å². The van der Waals surface area contributed by atoms with Crippen LogP contribution < -0.4 is 4.90 Å². The van der Waals surface area contributed by atoms with Crippen molar-refractivity contribution in [3.8, 4) is 0 Å². The van der Waals surface area contributed by atoms with E-state index in [2.05, 4.69) is 12.1 Å². The molecule has 0 aliphatic carbocycles. The van der Waals surface area contributed by atoms with E-state index in [9.17, 15) is 27.2 Å². The Hall–Kier alpha value is -4.13. The van der Waals surface area contributed by atoms with Crippen molar-refractivity contribution in [2.45, 2.75) is 103 Å². The van der Waals surface area contributed by atoms with Gasteiger partial charge >= 0.3 is 11.9 Å². The molecule has 12 heteroatoms. The molecule has 0 spiro atoms. The van der Waals surface area contributed by atoms with Crippen molar-refractivity contribution in [3.63, 3.8) is 0 Å². The lowest BCUT2D eigenvalue weighted by molar-refractivity contribution is -0.305. The molecule has 1 unspecified atom stereocenters. The maximum Gasteiger partial charge on any atom is 0.303 e. The Balaban J connectivity index is 1.31. The summed E-state index contributed by atoms with van der Waals surface area (Å²) in [7, 11) is -3.00. The first kappa shape index (κ1) is 41.0. The summed E-state index contributed by atoms with van der Waals surface area (Å²) in [5, 5.41) is 0. The number of aryl methyl sites for hydroxylation is 2. The van der Waals surface area contributed by atoms with Gasteiger partial charge in [0.2, 0.25) is 5.91 Å². The number of ether oxygens (including phenoxy) is 4. The van der Waals surface area contributed by atoms with Gasteiger partial charge < -0.3 is 23.8 Å². The van der Waals surface area contributed by atoms with Crippen LogP contribution in [-0.4, -0.2) is 62.9 Å². The SMILES string of the molecule is CC(=O)O[C@@H](CCC1C(=O)N(c2ccc(CCCCS(C)(=O)=O)cc2)[C@@H]1c1ccc(CCCC2(OC(C)=O)COC(C)(C)OC2)cc1)c1ccc(F)cc1. The number of carbonyl (C=O) groups excluding carboxylic acids is 3. The molecule has 0 bridgehead atoms. The minimum atomic E-state index is -3.00. The Labute approximate surface area is 318 Å². The van der Waals surface area contributed by atoms with Crippen molar-refractivity contribution in [2.24, 2.45) is 5.92 Å². The number of β-lactam (4-membered cyclic amide) rings is 1. The lowest BCUT2D eigenvalue weighted by atomic mass is 9.78. The highest BCUT2D eigenvalue weighted by atomic mass is 32.2. The van der Waals surface area contributed by atoms with Gasteiger partial charge in [-0.2, -0.15) is 0 Å². The van der Waals surface area contributed by atoms with Gasteiger partial charge in [-0.25, -0.2) is 12.8 Å².